The van der Waals surface area contributed by atoms with E-state index >= 15 is 0 Å². The third-order valence-corrected chi connectivity index (χ3v) is 7.13. The Morgan fingerprint density at radius 3 is 2.61 bits per heavy atom. The normalized spacial score (nSPS) is 15.2. The SMILES string of the molecule is C[C@H]1CCc2c(sc3nc(COC(=O)c4ccccc4C(=O)c4ccccc4)[nH]c(=O)c23)C1. The van der Waals surface area contributed by atoms with Crippen molar-refractivity contribution in [1.82, 2.24) is 9.97 Å². The summed E-state index contributed by atoms with van der Waals surface area (Å²) in [6.07, 6.45) is 2.92. The summed E-state index contributed by atoms with van der Waals surface area (Å²) in [5, 5.41) is 0.663. The van der Waals surface area contributed by atoms with Gasteiger partial charge in [0.2, 0.25) is 0 Å². The van der Waals surface area contributed by atoms with Gasteiger partial charge in [-0.15, -0.1) is 11.3 Å². The van der Waals surface area contributed by atoms with Gasteiger partial charge in [-0.3, -0.25) is 9.59 Å². The van der Waals surface area contributed by atoms with Gasteiger partial charge < -0.3 is 9.72 Å². The molecule has 166 valence electrons. The Bertz CT molecular complexity index is 1420. The van der Waals surface area contributed by atoms with E-state index in [9.17, 15) is 14.4 Å². The van der Waals surface area contributed by atoms with Gasteiger partial charge in [-0.1, -0.05) is 55.5 Å². The molecule has 7 heteroatoms. The third-order valence-electron chi connectivity index (χ3n) is 5.98. The van der Waals surface area contributed by atoms with Crippen LogP contribution in [0.15, 0.2) is 59.4 Å². The summed E-state index contributed by atoms with van der Waals surface area (Å²) >= 11 is 1.55. The van der Waals surface area contributed by atoms with Crippen LogP contribution in [-0.4, -0.2) is 21.7 Å². The van der Waals surface area contributed by atoms with E-state index in [4.69, 9.17) is 4.74 Å². The van der Waals surface area contributed by atoms with E-state index in [1.165, 1.54) is 4.88 Å². The number of ether oxygens (including phenoxy) is 1. The number of thiophene rings is 1. The molecule has 0 unspecified atom stereocenters. The highest BCUT2D eigenvalue weighted by atomic mass is 32.1. The number of rotatable bonds is 5. The maximum absolute atomic E-state index is 12.9. The minimum absolute atomic E-state index is 0.176. The van der Waals surface area contributed by atoms with Crippen LogP contribution in [0, 0.1) is 5.92 Å². The Kier molecular flexibility index (Phi) is 5.64. The van der Waals surface area contributed by atoms with Crippen molar-refractivity contribution in [3.63, 3.8) is 0 Å². The van der Waals surface area contributed by atoms with E-state index in [1.54, 1.807) is 59.9 Å². The van der Waals surface area contributed by atoms with Crippen molar-refractivity contribution < 1.29 is 14.3 Å². The van der Waals surface area contributed by atoms with Crippen molar-refractivity contribution in [2.45, 2.75) is 32.8 Å². The van der Waals surface area contributed by atoms with E-state index < -0.39 is 5.97 Å². The number of fused-ring (bicyclic) bond motifs is 3. The quantitative estimate of drug-likeness (QED) is 0.346. The van der Waals surface area contributed by atoms with E-state index in [0.29, 0.717) is 27.5 Å². The topological polar surface area (TPSA) is 89.1 Å². The number of H-pyrrole nitrogens is 1. The zero-order chi connectivity index (χ0) is 22.9. The lowest BCUT2D eigenvalue weighted by molar-refractivity contribution is 0.0460. The van der Waals surface area contributed by atoms with Crippen molar-refractivity contribution in [1.29, 1.82) is 0 Å². The van der Waals surface area contributed by atoms with Crippen LogP contribution in [0.2, 0.25) is 0 Å². The maximum Gasteiger partial charge on any atom is 0.339 e. The number of aryl methyl sites for hydroxylation is 1. The molecule has 0 radical (unpaired) electrons. The largest absolute Gasteiger partial charge is 0.454 e. The molecule has 0 amide bonds. The van der Waals surface area contributed by atoms with Crippen LogP contribution in [0.3, 0.4) is 0 Å². The average molecular weight is 459 g/mol. The second kappa shape index (κ2) is 8.75. The molecule has 0 fully saturated rings. The number of hydrogen-bond donors (Lipinski definition) is 1. The van der Waals surface area contributed by atoms with Crippen LogP contribution in [0.1, 0.15) is 55.9 Å². The molecule has 0 saturated carbocycles. The molecule has 0 bridgehead atoms. The van der Waals surface area contributed by atoms with Gasteiger partial charge in [0.25, 0.3) is 5.56 Å². The van der Waals surface area contributed by atoms with Crippen LogP contribution in [-0.2, 0) is 24.2 Å². The highest BCUT2D eigenvalue weighted by Gasteiger charge is 2.24. The van der Waals surface area contributed by atoms with Crippen molar-refractivity contribution in [3.8, 4) is 0 Å². The van der Waals surface area contributed by atoms with E-state index in [1.807, 2.05) is 6.07 Å². The number of nitrogens with zero attached hydrogens (tertiary/aromatic N) is 1. The molecule has 2 aromatic heterocycles. The molecular weight excluding hydrogens is 436 g/mol. The fourth-order valence-electron chi connectivity index (χ4n) is 4.28. The molecule has 2 heterocycles. The molecule has 33 heavy (non-hydrogen) atoms. The number of aromatic amines is 1. The molecule has 5 rings (SSSR count). The fraction of sp³-hybridized carbons (Fsp3) is 0.231. The lowest BCUT2D eigenvalue weighted by atomic mass is 9.89. The van der Waals surface area contributed by atoms with Crippen LogP contribution >= 0.6 is 11.3 Å². The number of esters is 1. The highest BCUT2D eigenvalue weighted by molar-refractivity contribution is 7.18. The van der Waals surface area contributed by atoms with E-state index in [0.717, 1.165) is 24.8 Å². The van der Waals surface area contributed by atoms with Gasteiger partial charge in [-0.05, 0) is 36.8 Å². The molecule has 6 nitrogen and oxygen atoms in total. The lowest BCUT2D eigenvalue weighted by Gasteiger charge is -2.17. The van der Waals surface area contributed by atoms with Crippen LogP contribution in [0.25, 0.3) is 10.2 Å². The lowest BCUT2D eigenvalue weighted by Crippen LogP contribution is -2.17. The standard InChI is InChI=1S/C26H22N2O4S/c1-15-11-12-19-20(13-15)33-25-22(19)24(30)27-21(28-25)14-32-26(31)18-10-6-5-9-17(18)23(29)16-7-3-2-4-8-16/h2-10,15H,11-14H2,1H3,(H,27,28,30)/t15-/m0/s1. The smallest absolute Gasteiger partial charge is 0.339 e. The molecule has 1 aliphatic rings. The van der Waals surface area contributed by atoms with Gasteiger partial charge in [0, 0.05) is 16.0 Å². The first kappa shape index (κ1) is 21.3. The van der Waals surface area contributed by atoms with E-state index in [2.05, 4.69) is 16.9 Å². The van der Waals surface area contributed by atoms with Gasteiger partial charge in [0.1, 0.15) is 17.3 Å². The number of carbonyl (C=O) groups is 2. The van der Waals surface area contributed by atoms with Crippen molar-refractivity contribution in [3.05, 3.63) is 97.9 Å². The molecule has 1 aliphatic carbocycles. The third kappa shape index (κ3) is 4.12. The summed E-state index contributed by atoms with van der Waals surface area (Å²) in [7, 11) is 0. The van der Waals surface area contributed by atoms with Gasteiger partial charge in [0.05, 0.1) is 10.9 Å². The van der Waals surface area contributed by atoms with Crippen LogP contribution < -0.4 is 5.56 Å². The second-order valence-corrected chi connectivity index (χ2v) is 9.45. The molecule has 0 aliphatic heterocycles. The van der Waals surface area contributed by atoms with Crippen molar-refractivity contribution >= 4 is 33.3 Å². The summed E-state index contributed by atoms with van der Waals surface area (Å²) in [6.45, 7) is 2.03. The minimum Gasteiger partial charge on any atom is -0.454 e. The Morgan fingerprint density at radius 2 is 1.82 bits per heavy atom. The molecule has 0 spiro atoms. The first-order valence-electron chi connectivity index (χ1n) is 10.9. The van der Waals surface area contributed by atoms with Crippen LogP contribution in [0.5, 0.6) is 0 Å². The summed E-state index contributed by atoms with van der Waals surface area (Å²) in [4.78, 5) is 47.7. The average Bonchev–Trinajstić information content (AvgIpc) is 3.20. The number of ketones is 1. The zero-order valence-electron chi connectivity index (χ0n) is 18.1. The number of benzene rings is 2. The van der Waals surface area contributed by atoms with Gasteiger partial charge in [0.15, 0.2) is 5.78 Å². The molecule has 4 aromatic rings. The summed E-state index contributed by atoms with van der Waals surface area (Å²) in [5.41, 5.74) is 1.85. The number of aromatic nitrogens is 2. The van der Waals surface area contributed by atoms with Crippen molar-refractivity contribution in [2.75, 3.05) is 0 Å². The molecule has 1 N–H and O–H groups in total. The maximum atomic E-state index is 12.9. The summed E-state index contributed by atoms with van der Waals surface area (Å²) in [6, 6.07) is 15.3. The zero-order valence-corrected chi connectivity index (χ0v) is 18.9. The summed E-state index contributed by atoms with van der Waals surface area (Å²) in [5.74, 6) is -0.00508. The number of nitrogens with one attached hydrogen (secondary N) is 1. The van der Waals surface area contributed by atoms with E-state index in [-0.39, 0.29) is 29.1 Å². The predicted molar refractivity (Wildman–Crippen MR) is 127 cm³/mol. The molecule has 1 atom stereocenters. The molecular formula is C26H22N2O4S. The summed E-state index contributed by atoms with van der Waals surface area (Å²) < 4.78 is 5.44. The Morgan fingerprint density at radius 1 is 1.09 bits per heavy atom. The molecule has 2 aromatic carbocycles. The number of carbonyl (C=O) groups excluding carboxylic acids is 2. The fourth-order valence-corrected chi connectivity index (χ4v) is 5.68. The van der Waals surface area contributed by atoms with Gasteiger partial charge in [-0.25, -0.2) is 9.78 Å². The second-order valence-electron chi connectivity index (χ2n) is 8.36. The molecule has 0 saturated heterocycles. The first-order chi connectivity index (χ1) is 16.0. The number of hydrogen-bond acceptors (Lipinski definition) is 6. The highest BCUT2D eigenvalue weighted by Crippen LogP contribution is 2.35. The minimum atomic E-state index is -0.642. The van der Waals surface area contributed by atoms with Gasteiger partial charge >= 0.3 is 5.97 Å². The van der Waals surface area contributed by atoms with Gasteiger partial charge in [-0.2, -0.15) is 0 Å². The Hall–Kier alpha value is -3.58. The van der Waals surface area contributed by atoms with Crippen molar-refractivity contribution in [2.24, 2.45) is 5.92 Å². The monoisotopic (exact) mass is 458 g/mol. The van der Waals surface area contributed by atoms with Crippen LogP contribution in [0.4, 0.5) is 0 Å². The Labute approximate surface area is 194 Å². The Balaban J connectivity index is 1.38. The first-order valence-corrected chi connectivity index (χ1v) is 11.7. The predicted octanol–water partition coefficient (Wildman–Crippen LogP) is 4.70.